The lowest BCUT2D eigenvalue weighted by Gasteiger charge is -2.28. The molecule has 0 bridgehead atoms. The largest absolute Gasteiger partial charge is 0.756 e. The van der Waals surface area contributed by atoms with Gasteiger partial charge < -0.3 is 33.0 Å². The van der Waals surface area contributed by atoms with E-state index < -0.39 is 38.6 Å². The van der Waals surface area contributed by atoms with Gasteiger partial charge in [0.05, 0.1) is 33.9 Å². The van der Waals surface area contributed by atoms with Gasteiger partial charge in [-0.25, -0.2) is 0 Å². The van der Waals surface area contributed by atoms with Crippen molar-refractivity contribution in [1.82, 2.24) is 0 Å². The van der Waals surface area contributed by atoms with E-state index in [0.29, 0.717) is 36.7 Å². The Balaban J connectivity index is 4.59. The van der Waals surface area contributed by atoms with E-state index in [2.05, 4.69) is 68.5 Å². The fourth-order valence-corrected chi connectivity index (χ4v) is 6.11. The molecule has 0 aromatic heterocycles. The van der Waals surface area contributed by atoms with Crippen LogP contribution in [-0.4, -0.2) is 81.2 Å². The SMILES string of the molecule is CCCCC/C=C\C/C=C\C/C=C\CCCCCCC(=O)O[C@H](COC(=O)CCC/C=C/C=C\C(O)C/C=C\C/C=C\CCCCC)COP(=O)([O-])OCC[N+](C)(C)C. The van der Waals surface area contributed by atoms with Crippen LogP contribution < -0.4 is 4.89 Å². The highest BCUT2D eigenvalue weighted by Crippen LogP contribution is 2.38. The zero-order valence-corrected chi connectivity index (χ0v) is 38.4. The number of allylic oxidation sites excluding steroid dienone is 12. The lowest BCUT2D eigenvalue weighted by Crippen LogP contribution is -2.37. The molecule has 0 amide bonds. The summed E-state index contributed by atoms with van der Waals surface area (Å²) in [5, 5.41) is 10.1. The number of aliphatic hydroxyl groups is 1. The average Bonchev–Trinajstić information content (AvgIpc) is 3.18. The van der Waals surface area contributed by atoms with Crippen molar-refractivity contribution in [2.24, 2.45) is 0 Å². The van der Waals surface area contributed by atoms with Gasteiger partial charge in [0.2, 0.25) is 0 Å². The van der Waals surface area contributed by atoms with E-state index in [4.69, 9.17) is 18.5 Å². The van der Waals surface area contributed by atoms with Gasteiger partial charge in [0.1, 0.15) is 19.8 Å². The van der Waals surface area contributed by atoms with Gasteiger partial charge in [-0.3, -0.25) is 14.2 Å². The standard InChI is InChI=1S/C48H82NO9P/c1-6-8-10-12-14-16-17-18-19-20-21-22-23-25-27-31-36-40-48(52)58-46(44-57-59(53,54)56-42-41-49(3,4)5)43-55-47(51)39-35-32-28-30-34-38-45(50)37-33-29-26-24-15-13-11-9-7-2/h14-16,18-19,21-22,24,28-30,33-34,38,45-46,50H,6-13,17,20,23,25-27,31-32,35-37,39-44H2,1-5H3/b16-14-,19-18-,22-21-,24-15-,30-28+,33-29-,38-34-/t45?,46-/m1/s1. The second kappa shape index (κ2) is 39.3. The van der Waals surface area contributed by atoms with E-state index in [0.717, 1.165) is 51.4 Å². The third-order valence-electron chi connectivity index (χ3n) is 8.97. The molecular formula is C48H82NO9P. The van der Waals surface area contributed by atoms with Gasteiger partial charge in [-0.05, 0) is 83.5 Å². The van der Waals surface area contributed by atoms with E-state index in [1.165, 1.54) is 44.9 Å². The predicted octanol–water partition coefficient (Wildman–Crippen LogP) is 11.1. The summed E-state index contributed by atoms with van der Waals surface area (Å²) in [5.74, 6) is -0.999. The Hall–Kier alpha value is -2.85. The van der Waals surface area contributed by atoms with Crippen LogP contribution in [0.1, 0.15) is 149 Å². The number of carbonyl (C=O) groups is 2. The first-order valence-electron chi connectivity index (χ1n) is 22.4. The van der Waals surface area contributed by atoms with E-state index in [-0.39, 0.29) is 26.1 Å². The van der Waals surface area contributed by atoms with Crippen LogP contribution in [-0.2, 0) is 32.7 Å². The van der Waals surface area contributed by atoms with Crippen LogP contribution in [0.3, 0.4) is 0 Å². The Morgan fingerprint density at radius 1 is 0.627 bits per heavy atom. The maximum Gasteiger partial charge on any atom is 0.306 e. The molecule has 0 rings (SSSR count). The number of quaternary nitrogens is 1. The number of likely N-dealkylation sites (N-methyl/N-ethyl adjacent to an activating group) is 1. The van der Waals surface area contributed by atoms with Crippen molar-refractivity contribution in [3.05, 3.63) is 85.1 Å². The molecule has 0 radical (unpaired) electrons. The molecule has 10 nitrogen and oxygen atoms in total. The summed E-state index contributed by atoms with van der Waals surface area (Å²) in [6.07, 6.45) is 46.4. The lowest BCUT2D eigenvalue weighted by atomic mass is 10.1. The van der Waals surface area contributed by atoms with E-state index in [1.807, 2.05) is 39.4 Å². The Morgan fingerprint density at radius 3 is 1.75 bits per heavy atom. The minimum atomic E-state index is -4.67. The number of rotatable bonds is 39. The second-order valence-corrected chi connectivity index (χ2v) is 17.3. The molecular weight excluding hydrogens is 766 g/mol. The van der Waals surface area contributed by atoms with Crippen LogP contribution in [0.15, 0.2) is 85.1 Å². The van der Waals surface area contributed by atoms with Crippen LogP contribution in [0.2, 0.25) is 0 Å². The molecule has 0 spiro atoms. The lowest BCUT2D eigenvalue weighted by molar-refractivity contribution is -0.870. The van der Waals surface area contributed by atoms with Gasteiger partial charge in [0.15, 0.2) is 6.10 Å². The minimum Gasteiger partial charge on any atom is -0.756 e. The summed E-state index contributed by atoms with van der Waals surface area (Å²) in [6, 6.07) is 0. The number of hydrogen-bond donors (Lipinski definition) is 1. The number of nitrogens with zero attached hydrogens (tertiary/aromatic N) is 1. The Morgan fingerprint density at radius 2 is 1.15 bits per heavy atom. The van der Waals surface area contributed by atoms with Crippen molar-refractivity contribution >= 4 is 19.8 Å². The summed E-state index contributed by atoms with van der Waals surface area (Å²) >= 11 is 0. The van der Waals surface area contributed by atoms with Gasteiger partial charge in [-0.1, -0.05) is 137 Å². The van der Waals surface area contributed by atoms with Crippen molar-refractivity contribution < 1.29 is 47.2 Å². The third-order valence-corrected chi connectivity index (χ3v) is 9.93. The number of unbranched alkanes of at least 4 members (excludes halogenated alkanes) is 11. The normalized spacial score (nSPS) is 14.9. The van der Waals surface area contributed by atoms with Crippen LogP contribution in [0, 0.1) is 0 Å². The monoisotopic (exact) mass is 848 g/mol. The molecule has 338 valence electrons. The zero-order chi connectivity index (χ0) is 43.7. The van der Waals surface area contributed by atoms with Crippen molar-refractivity contribution in [3.8, 4) is 0 Å². The molecule has 0 fully saturated rings. The van der Waals surface area contributed by atoms with Crippen LogP contribution >= 0.6 is 7.82 Å². The van der Waals surface area contributed by atoms with Crippen LogP contribution in [0.25, 0.3) is 0 Å². The molecule has 0 aliphatic rings. The van der Waals surface area contributed by atoms with Gasteiger partial charge in [-0.2, -0.15) is 0 Å². The Bertz CT molecular complexity index is 1300. The summed E-state index contributed by atoms with van der Waals surface area (Å²) in [7, 11) is 1.06. The van der Waals surface area contributed by atoms with Gasteiger partial charge in [0, 0.05) is 12.8 Å². The van der Waals surface area contributed by atoms with Crippen molar-refractivity contribution in [3.63, 3.8) is 0 Å². The first kappa shape index (κ1) is 56.1. The van der Waals surface area contributed by atoms with E-state index in [1.54, 1.807) is 12.2 Å². The Labute approximate surface area is 359 Å². The molecule has 0 aromatic carbocycles. The first-order valence-corrected chi connectivity index (χ1v) is 23.9. The fourth-order valence-electron chi connectivity index (χ4n) is 5.38. The van der Waals surface area contributed by atoms with Crippen LogP contribution in [0.5, 0.6) is 0 Å². The maximum absolute atomic E-state index is 12.7. The molecule has 3 atom stereocenters. The average molecular weight is 848 g/mol. The van der Waals surface area contributed by atoms with Gasteiger partial charge in [0.25, 0.3) is 7.82 Å². The molecule has 11 heteroatoms. The van der Waals surface area contributed by atoms with Crippen molar-refractivity contribution in [2.75, 3.05) is 47.5 Å². The fraction of sp³-hybridized carbons (Fsp3) is 0.667. The zero-order valence-electron chi connectivity index (χ0n) is 37.5. The number of phosphoric ester groups is 1. The number of esters is 2. The summed E-state index contributed by atoms with van der Waals surface area (Å²) in [5.41, 5.74) is 0. The van der Waals surface area contributed by atoms with E-state index >= 15 is 0 Å². The molecule has 0 aliphatic carbocycles. The first-order chi connectivity index (χ1) is 28.4. The molecule has 0 aromatic rings. The van der Waals surface area contributed by atoms with E-state index in [9.17, 15) is 24.2 Å². The number of ether oxygens (including phenoxy) is 2. The molecule has 59 heavy (non-hydrogen) atoms. The Kier molecular flexibility index (Phi) is 37.4. The summed E-state index contributed by atoms with van der Waals surface area (Å²) < 4.78 is 33.7. The number of phosphoric acid groups is 1. The topological polar surface area (TPSA) is 131 Å². The smallest absolute Gasteiger partial charge is 0.306 e. The van der Waals surface area contributed by atoms with Crippen molar-refractivity contribution in [2.45, 2.75) is 161 Å². The molecule has 0 saturated heterocycles. The second-order valence-electron chi connectivity index (χ2n) is 15.9. The highest BCUT2D eigenvalue weighted by molar-refractivity contribution is 7.45. The molecule has 0 saturated carbocycles. The predicted molar refractivity (Wildman–Crippen MR) is 242 cm³/mol. The molecule has 1 N–H and O–H groups in total. The third kappa shape index (κ3) is 43.1. The quantitative estimate of drug-likeness (QED) is 0.0160. The number of carbonyl (C=O) groups excluding carboxylic acids is 2. The van der Waals surface area contributed by atoms with Gasteiger partial charge in [-0.15, -0.1) is 0 Å². The maximum atomic E-state index is 12.7. The highest BCUT2D eigenvalue weighted by Gasteiger charge is 2.21. The summed E-state index contributed by atoms with van der Waals surface area (Å²) in [4.78, 5) is 37.5. The summed E-state index contributed by atoms with van der Waals surface area (Å²) in [6.45, 7) is 3.95. The van der Waals surface area contributed by atoms with Gasteiger partial charge >= 0.3 is 11.9 Å². The van der Waals surface area contributed by atoms with Crippen LogP contribution in [0.4, 0.5) is 0 Å². The van der Waals surface area contributed by atoms with Crippen molar-refractivity contribution in [1.29, 1.82) is 0 Å². The molecule has 2 unspecified atom stereocenters. The molecule has 0 heterocycles. The molecule has 0 aliphatic heterocycles. The number of aliphatic hydroxyl groups excluding tert-OH is 1. The number of hydrogen-bond acceptors (Lipinski definition) is 9. The minimum absolute atomic E-state index is 0.0623. The highest BCUT2D eigenvalue weighted by atomic mass is 31.2.